The van der Waals surface area contributed by atoms with Crippen LogP contribution in [0.25, 0.3) is 0 Å². The van der Waals surface area contributed by atoms with Crippen molar-refractivity contribution in [3.05, 3.63) is 24.3 Å². The number of rotatable bonds is 3. The molecule has 0 amide bonds. The van der Waals surface area contributed by atoms with Gasteiger partial charge in [0.25, 0.3) is 0 Å². The second-order valence-corrected chi connectivity index (χ2v) is 6.61. The molecule has 0 saturated heterocycles. The van der Waals surface area contributed by atoms with Gasteiger partial charge in [0.1, 0.15) is 0 Å². The summed E-state index contributed by atoms with van der Waals surface area (Å²) in [6, 6.07) is 0. The Morgan fingerprint density at radius 3 is 1.50 bits per heavy atom. The molecule has 2 saturated carbocycles. The predicted octanol–water partition coefficient (Wildman–Crippen LogP) is 6.24. The van der Waals surface area contributed by atoms with Crippen LogP contribution in [0.5, 0.6) is 0 Å². The van der Waals surface area contributed by atoms with E-state index < -0.39 is 0 Å². The molecular weight excluding hydrogens is 216 g/mol. The lowest BCUT2D eigenvalue weighted by Crippen LogP contribution is -2.13. The first kappa shape index (κ1) is 13.9. The molecule has 0 radical (unpaired) electrons. The predicted molar refractivity (Wildman–Crippen MR) is 84.8 cm³/mol. The summed E-state index contributed by atoms with van der Waals surface area (Å²) in [5.74, 6) is 3.63. The summed E-state index contributed by atoms with van der Waals surface area (Å²) in [6.07, 6.45) is 21.2. The van der Waals surface area contributed by atoms with Gasteiger partial charge in [-0.1, -0.05) is 44.1 Å². The molecule has 0 heteroatoms. The lowest BCUT2D eigenvalue weighted by atomic mass is 9.79. The van der Waals surface area contributed by atoms with E-state index in [-0.39, 0.29) is 2.85 Å². The molecule has 0 aliphatic heterocycles. The van der Waals surface area contributed by atoms with Crippen LogP contribution in [-0.2, 0) is 0 Å². The van der Waals surface area contributed by atoms with Gasteiger partial charge in [-0.05, 0) is 69.1 Å². The fourth-order valence-corrected chi connectivity index (χ4v) is 3.59. The Labute approximate surface area is 117 Å². The van der Waals surface area contributed by atoms with Crippen LogP contribution in [0.15, 0.2) is 24.3 Å². The van der Waals surface area contributed by atoms with Crippen molar-refractivity contribution in [2.45, 2.75) is 65.2 Å². The molecule has 2 rings (SSSR count). The Morgan fingerprint density at radius 2 is 1.06 bits per heavy atom. The average Bonchev–Trinajstić information content (AvgIpc) is 2.40. The van der Waals surface area contributed by atoms with E-state index in [2.05, 4.69) is 38.2 Å². The van der Waals surface area contributed by atoms with Crippen molar-refractivity contribution in [3.63, 3.8) is 0 Å². The van der Waals surface area contributed by atoms with E-state index in [1.165, 1.54) is 51.4 Å². The fraction of sp³-hybridized carbons (Fsp3) is 0.778. The maximum atomic E-state index is 2.56. The van der Waals surface area contributed by atoms with E-state index in [1.54, 1.807) is 0 Å². The molecule has 0 heterocycles. The van der Waals surface area contributed by atoms with Gasteiger partial charge in [-0.2, -0.15) is 0 Å². The minimum Gasteiger partial charge on any atom is -0.0914 e. The van der Waals surface area contributed by atoms with Crippen molar-refractivity contribution < 1.29 is 2.85 Å². The zero-order valence-corrected chi connectivity index (χ0v) is 12.3. The third-order valence-corrected chi connectivity index (χ3v) is 5.00. The van der Waals surface area contributed by atoms with E-state index in [4.69, 9.17) is 0 Å². The second-order valence-electron chi connectivity index (χ2n) is 6.61. The second kappa shape index (κ2) is 7.16. The molecule has 0 aromatic carbocycles. The van der Waals surface area contributed by atoms with Gasteiger partial charge in [-0.3, -0.25) is 0 Å². The monoisotopic (exact) mass is 250 g/mol. The molecule has 2 fully saturated rings. The number of hydrogen-bond donors (Lipinski definition) is 0. The van der Waals surface area contributed by atoms with Crippen molar-refractivity contribution in [2.75, 3.05) is 0 Å². The van der Waals surface area contributed by atoms with Gasteiger partial charge >= 0.3 is 0 Å². The van der Waals surface area contributed by atoms with Crippen LogP contribution in [0.2, 0.25) is 0 Å². The molecule has 0 bridgehead atoms. The first-order valence-corrected chi connectivity index (χ1v) is 8.09. The van der Waals surface area contributed by atoms with Crippen LogP contribution in [0.4, 0.5) is 0 Å². The molecule has 0 spiro atoms. The topological polar surface area (TPSA) is 0 Å². The van der Waals surface area contributed by atoms with Crippen molar-refractivity contribution in [3.8, 4) is 0 Å². The molecule has 0 aromatic rings. The quantitative estimate of drug-likeness (QED) is 0.520. The van der Waals surface area contributed by atoms with Crippen molar-refractivity contribution >= 4 is 0 Å². The molecule has 0 nitrogen and oxygen atoms in total. The molecule has 0 N–H and O–H groups in total. The van der Waals surface area contributed by atoms with Crippen molar-refractivity contribution in [1.82, 2.24) is 0 Å². The largest absolute Gasteiger partial charge is 0.0914 e. The molecule has 2 aliphatic carbocycles. The normalized spacial score (nSPS) is 38.6. The molecule has 0 aromatic heterocycles. The SMILES string of the molecule is C/C=C/C1CCC(/C=C/C2CCC(C)CC2)CC1.[HH].[HH]. The molecule has 2 aliphatic rings. The third kappa shape index (κ3) is 4.30. The summed E-state index contributed by atoms with van der Waals surface area (Å²) in [5, 5.41) is 0. The van der Waals surface area contributed by atoms with Gasteiger partial charge in [0.2, 0.25) is 0 Å². The Bertz CT molecular complexity index is 280. The lowest BCUT2D eigenvalue weighted by molar-refractivity contribution is 0.325. The van der Waals surface area contributed by atoms with E-state index in [0.717, 1.165) is 23.7 Å². The highest BCUT2D eigenvalue weighted by molar-refractivity contribution is 4.98. The highest BCUT2D eigenvalue weighted by Crippen LogP contribution is 2.33. The molecular formula is C18H34. The molecule has 18 heavy (non-hydrogen) atoms. The van der Waals surface area contributed by atoms with E-state index in [0.29, 0.717) is 0 Å². The third-order valence-electron chi connectivity index (χ3n) is 5.00. The summed E-state index contributed by atoms with van der Waals surface area (Å²) >= 11 is 0. The Morgan fingerprint density at radius 1 is 0.667 bits per heavy atom. The first-order valence-electron chi connectivity index (χ1n) is 8.09. The van der Waals surface area contributed by atoms with Crippen LogP contribution in [0.1, 0.15) is 68.1 Å². The van der Waals surface area contributed by atoms with Gasteiger partial charge < -0.3 is 0 Å². The lowest BCUT2D eigenvalue weighted by Gasteiger charge is -2.26. The minimum atomic E-state index is 0. The fourth-order valence-electron chi connectivity index (χ4n) is 3.59. The van der Waals surface area contributed by atoms with Crippen LogP contribution in [0.3, 0.4) is 0 Å². The highest BCUT2D eigenvalue weighted by atomic mass is 14.2. The Balaban J connectivity index is 0.00000180. The summed E-state index contributed by atoms with van der Waals surface area (Å²) in [7, 11) is 0. The maximum Gasteiger partial charge on any atom is 0 e. The van der Waals surface area contributed by atoms with Crippen LogP contribution in [-0.4, -0.2) is 0 Å². The summed E-state index contributed by atoms with van der Waals surface area (Å²) in [4.78, 5) is 0. The first-order chi connectivity index (χ1) is 8.78. The number of hydrogen-bond acceptors (Lipinski definition) is 0. The summed E-state index contributed by atoms with van der Waals surface area (Å²) in [5.41, 5.74) is 0. The summed E-state index contributed by atoms with van der Waals surface area (Å²) < 4.78 is 0. The van der Waals surface area contributed by atoms with Gasteiger partial charge in [0.05, 0.1) is 0 Å². The minimum absolute atomic E-state index is 0. The smallest absolute Gasteiger partial charge is 0 e. The van der Waals surface area contributed by atoms with Gasteiger partial charge in [0.15, 0.2) is 0 Å². The Hall–Kier alpha value is -0.520. The zero-order chi connectivity index (χ0) is 12.8. The van der Waals surface area contributed by atoms with Gasteiger partial charge in [-0.15, -0.1) is 0 Å². The standard InChI is InChI=1S/C18H30.2H2/c1-3-4-16-9-11-18(12-10-16)14-13-17-7-5-15(2)6-8-17;;/h3-4,13-18H,5-12H2,1-2H3;2*1H/b4-3+,14-13+;;. The Kier molecular flexibility index (Phi) is 5.53. The maximum absolute atomic E-state index is 2.56. The van der Waals surface area contributed by atoms with E-state index in [1.807, 2.05) is 0 Å². The summed E-state index contributed by atoms with van der Waals surface area (Å²) in [6.45, 7) is 4.55. The van der Waals surface area contributed by atoms with E-state index in [9.17, 15) is 0 Å². The van der Waals surface area contributed by atoms with Crippen LogP contribution >= 0.6 is 0 Å². The highest BCUT2D eigenvalue weighted by Gasteiger charge is 2.19. The zero-order valence-electron chi connectivity index (χ0n) is 12.3. The van der Waals surface area contributed by atoms with Gasteiger partial charge in [0, 0.05) is 2.85 Å². The van der Waals surface area contributed by atoms with E-state index >= 15 is 0 Å². The van der Waals surface area contributed by atoms with Crippen LogP contribution in [0, 0.1) is 23.7 Å². The molecule has 106 valence electrons. The number of allylic oxidation sites excluding steroid dienone is 4. The average molecular weight is 250 g/mol. The van der Waals surface area contributed by atoms with Gasteiger partial charge in [-0.25, -0.2) is 0 Å². The van der Waals surface area contributed by atoms with Crippen molar-refractivity contribution in [1.29, 1.82) is 0 Å². The molecule has 0 unspecified atom stereocenters. The van der Waals surface area contributed by atoms with Crippen molar-refractivity contribution in [2.24, 2.45) is 23.7 Å². The molecule has 0 atom stereocenters. The van der Waals surface area contributed by atoms with Crippen LogP contribution < -0.4 is 0 Å².